The number of nitrogens with zero attached hydrogens (tertiary/aromatic N) is 1. The van der Waals surface area contributed by atoms with Crippen LogP contribution in [-0.2, 0) is 15.0 Å². The molecule has 106 valence electrons. The minimum atomic E-state index is -0.804. The van der Waals surface area contributed by atoms with Crippen LogP contribution in [0.4, 0.5) is 5.69 Å². The standard InChI is InChI=1S/C13H15N3O4/c1-9-6-13(7-9,12(18)15-14-8-17)10-3-2-4-11(5-10)16(19)20/h2-5,8-9H,6-7H2,1H3,(H,14,17)(H,15,18). The van der Waals surface area contributed by atoms with E-state index in [4.69, 9.17) is 0 Å². The summed E-state index contributed by atoms with van der Waals surface area (Å²) in [7, 11) is 0. The molecule has 1 fully saturated rings. The fourth-order valence-electron chi connectivity index (χ4n) is 2.81. The molecule has 0 atom stereocenters. The maximum atomic E-state index is 12.2. The maximum absolute atomic E-state index is 12.2. The molecule has 0 heterocycles. The normalized spacial score (nSPS) is 24.4. The van der Waals surface area contributed by atoms with Gasteiger partial charge in [0.2, 0.25) is 12.3 Å². The van der Waals surface area contributed by atoms with Gasteiger partial charge in [0, 0.05) is 12.1 Å². The fourth-order valence-corrected chi connectivity index (χ4v) is 2.81. The molecular weight excluding hydrogens is 262 g/mol. The molecule has 1 aromatic carbocycles. The number of non-ortho nitro benzene ring substituents is 1. The van der Waals surface area contributed by atoms with Gasteiger partial charge in [-0.2, -0.15) is 0 Å². The van der Waals surface area contributed by atoms with Gasteiger partial charge in [-0.1, -0.05) is 19.1 Å². The number of nitro groups is 1. The molecule has 2 rings (SSSR count). The van der Waals surface area contributed by atoms with Gasteiger partial charge in [-0.25, -0.2) is 0 Å². The summed E-state index contributed by atoms with van der Waals surface area (Å²) in [6.07, 6.45) is 1.57. The smallest absolute Gasteiger partial charge is 0.269 e. The van der Waals surface area contributed by atoms with Crippen LogP contribution in [0.2, 0.25) is 0 Å². The van der Waals surface area contributed by atoms with Gasteiger partial charge >= 0.3 is 0 Å². The van der Waals surface area contributed by atoms with E-state index >= 15 is 0 Å². The molecule has 1 aromatic rings. The summed E-state index contributed by atoms with van der Waals surface area (Å²) in [5.74, 6) is 0.0134. The number of carbonyl (C=O) groups excluding carboxylic acids is 2. The highest BCUT2D eigenvalue weighted by molar-refractivity contribution is 5.90. The predicted octanol–water partition coefficient (Wildman–Crippen LogP) is 1.04. The second kappa shape index (κ2) is 5.28. The third-order valence-corrected chi connectivity index (χ3v) is 3.68. The number of nitrogens with one attached hydrogen (secondary N) is 2. The first kappa shape index (κ1) is 14.0. The Morgan fingerprint density at radius 3 is 2.75 bits per heavy atom. The fraction of sp³-hybridized carbons (Fsp3) is 0.385. The number of carbonyl (C=O) groups is 2. The van der Waals surface area contributed by atoms with E-state index in [9.17, 15) is 19.7 Å². The molecule has 0 bridgehead atoms. The van der Waals surface area contributed by atoms with Crippen LogP contribution in [0.1, 0.15) is 25.3 Å². The Bertz CT molecular complexity index is 552. The van der Waals surface area contributed by atoms with Crippen molar-refractivity contribution < 1.29 is 14.5 Å². The summed E-state index contributed by atoms with van der Waals surface area (Å²) in [5, 5.41) is 10.8. The summed E-state index contributed by atoms with van der Waals surface area (Å²) in [5.41, 5.74) is 4.20. The number of hydrazine groups is 1. The average Bonchev–Trinajstić information content (AvgIpc) is 2.41. The van der Waals surface area contributed by atoms with E-state index in [1.165, 1.54) is 12.1 Å². The molecule has 0 radical (unpaired) electrons. The predicted molar refractivity (Wildman–Crippen MR) is 70.5 cm³/mol. The van der Waals surface area contributed by atoms with E-state index in [0.717, 1.165) is 0 Å². The highest BCUT2D eigenvalue weighted by atomic mass is 16.6. The van der Waals surface area contributed by atoms with Gasteiger partial charge in [-0.3, -0.25) is 30.6 Å². The van der Waals surface area contributed by atoms with E-state index in [1.807, 2.05) is 6.92 Å². The lowest BCUT2D eigenvalue weighted by Gasteiger charge is -2.45. The monoisotopic (exact) mass is 277 g/mol. The van der Waals surface area contributed by atoms with Gasteiger partial charge in [0.15, 0.2) is 0 Å². The van der Waals surface area contributed by atoms with Crippen LogP contribution in [0.25, 0.3) is 0 Å². The quantitative estimate of drug-likeness (QED) is 0.477. The van der Waals surface area contributed by atoms with Crippen LogP contribution in [0.3, 0.4) is 0 Å². The van der Waals surface area contributed by atoms with Gasteiger partial charge in [-0.05, 0) is 24.3 Å². The Labute approximate surface area is 115 Å². The second-order valence-electron chi connectivity index (χ2n) is 5.12. The molecule has 20 heavy (non-hydrogen) atoms. The minimum absolute atomic E-state index is 0.0439. The summed E-state index contributed by atoms with van der Waals surface area (Å²) >= 11 is 0. The summed E-state index contributed by atoms with van der Waals surface area (Å²) < 4.78 is 0. The summed E-state index contributed by atoms with van der Waals surface area (Å²) in [4.78, 5) is 32.9. The van der Waals surface area contributed by atoms with Gasteiger partial charge in [0.25, 0.3) is 5.69 Å². The Kier molecular flexibility index (Phi) is 3.69. The van der Waals surface area contributed by atoms with Crippen molar-refractivity contribution in [3.63, 3.8) is 0 Å². The molecule has 2 N–H and O–H groups in total. The van der Waals surface area contributed by atoms with Crippen molar-refractivity contribution in [1.82, 2.24) is 10.9 Å². The lowest BCUT2D eigenvalue weighted by molar-refractivity contribution is -0.385. The first-order valence-electron chi connectivity index (χ1n) is 6.24. The summed E-state index contributed by atoms with van der Waals surface area (Å²) in [6, 6.07) is 6.09. The highest BCUT2D eigenvalue weighted by Gasteiger charge is 2.50. The van der Waals surface area contributed by atoms with Crippen molar-refractivity contribution in [3.8, 4) is 0 Å². The number of hydrogen-bond acceptors (Lipinski definition) is 4. The van der Waals surface area contributed by atoms with Crippen molar-refractivity contribution in [3.05, 3.63) is 39.9 Å². The molecule has 1 aliphatic rings. The molecule has 1 aliphatic carbocycles. The summed E-state index contributed by atoms with van der Waals surface area (Å²) in [6.45, 7) is 2.01. The topological polar surface area (TPSA) is 101 Å². The van der Waals surface area contributed by atoms with Crippen LogP contribution < -0.4 is 10.9 Å². The second-order valence-corrected chi connectivity index (χ2v) is 5.12. The van der Waals surface area contributed by atoms with Crippen molar-refractivity contribution in [2.75, 3.05) is 0 Å². The van der Waals surface area contributed by atoms with E-state index < -0.39 is 10.3 Å². The molecule has 2 amide bonds. The molecule has 0 saturated heterocycles. The largest absolute Gasteiger partial charge is 0.277 e. The number of nitro benzene ring substituents is 1. The lowest BCUT2D eigenvalue weighted by atomic mass is 9.58. The van der Waals surface area contributed by atoms with E-state index in [2.05, 4.69) is 10.9 Å². The zero-order valence-electron chi connectivity index (χ0n) is 11.0. The minimum Gasteiger partial charge on any atom is -0.277 e. The molecule has 0 aromatic heterocycles. The molecule has 7 heteroatoms. The molecule has 0 spiro atoms. The third kappa shape index (κ3) is 2.34. The van der Waals surface area contributed by atoms with E-state index in [-0.39, 0.29) is 11.6 Å². The van der Waals surface area contributed by atoms with Crippen LogP contribution in [-0.4, -0.2) is 17.2 Å². The highest BCUT2D eigenvalue weighted by Crippen LogP contribution is 2.48. The van der Waals surface area contributed by atoms with Crippen molar-refractivity contribution in [1.29, 1.82) is 0 Å². The van der Waals surface area contributed by atoms with Crippen LogP contribution >= 0.6 is 0 Å². The van der Waals surface area contributed by atoms with Crippen molar-refractivity contribution in [2.45, 2.75) is 25.2 Å². The van der Waals surface area contributed by atoms with Gasteiger partial charge in [0.1, 0.15) is 0 Å². The lowest BCUT2D eigenvalue weighted by Crippen LogP contribution is -2.55. The molecule has 0 aliphatic heterocycles. The average molecular weight is 277 g/mol. The number of benzene rings is 1. The molecule has 7 nitrogen and oxygen atoms in total. The first-order chi connectivity index (χ1) is 9.49. The Hall–Kier alpha value is -2.44. The molecule has 1 saturated carbocycles. The van der Waals surface area contributed by atoms with Crippen molar-refractivity contribution >= 4 is 18.0 Å². The van der Waals surface area contributed by atoms with E-state index in [1.54, 1.807) is 12.1 Å². The maximum Gasteiger partial charge on any atom is 0.269 e. The van der Waals surface area contributed by atoms with Crippen LogP contribution in [0.15, 0.2) is 24.3 Å². The zero-order valence-corrected chi connectivity index (χ0v) is 11.0. The van der Waals surface area contributed by atoms with Crippen LogP contribution in [0, 0.1) is 16.0 Å². The van der Waals surface area contributed by atoms with Gasteiger partial charge in [-0.15, -0.1) is 0 Å². The first-order valence-corrected chi connectivity index (χ1v) is 6.24. The van der Waals surface area contributed by atoms with Gasteiger partial charge in [0.05, 0.1) is 10.3 Å². The Balaban J connectivity index is 2.33. The number of hydrogen-bond donors (Lipinski definition) is 2. The van der Waals surface area contributed by atoms with Gasteiger partial charge < -0.3 is 0 Å². The molecule has 0 unspecified atom stereocenters. The zero-order chi connectivity index (χ0) is 14.8. The Morgan fingerprint density at radius 2 is 2.20 bits per heavy atom. The SMILES string of the molecule is CC1CC(C(=O)NNC=O)(c2cccc([N+](=O)[O-])c2)C1. The third-order valence-electron chi connectivity index (χ3n) is 3.68. The Morgan fingerprint density at radius 1 is 1.50 bits per heavy atom. The van der Waals surface area contributed by atoms with Crippen molar-refractivity contribution in [2.24, 2.45) is 5.92 Å². The number of rotatable bonds is 5. The molecular formula is C13H15N3O4. The number of amides is 2. The van der Waals surface area contributed by atoms with Crippen LogP contribution in [0.5, 0.6) is 0 Å². The van der Waals surface area contributed by atoms with E-state index in [0.29, 0.717) is 30.7 Å².